The predicted octanol–water partition coefficient (Wildman–Crippen LogP) is 6.75. The van der Waals surface area contributed by atoms with E-state index >= 15 is 0 Å². The van der Waals surface area contributed by atoms with Crippen molar-refractivity contribution in [2.24, 2.45) is 4.99 Å². The van der Waals surface area contributed by atoms with Crippen LogP contribution in [0.5, 0.6) is 0 Å². The molecule has 1 aromatic heterocycles. The Morgan fingerprint density at radius 3 is 1.91 bits per heavy atom. The number of aliphatic imine (C=N–C) groups is 1. The molecule has 0 saturated carbocycles. The van der Waals surface area contributed by atoms with E-state index in [0.29, 0.717) is 0 Å². The monoisotopic (exact) mass is 458 g/mol. The number of rotatable bonds is 5. The van der Waals surface area contributed by atoms with Crippen molar-refractivity contribution < 1.29 is 0 Å². The molecule has 34 heavy (non-hydrogen) atoms. The number of aryl methyl sites for hydroxylation is 2. The van der Waals surface area contributed by atoms with Crippen molar-refractivity contribution in [3.63, 3.8) is 0 Å². The van der Waals surface area contributed by atoms with Crippen LogP contribution in [0.1, 0.15) is 23.7 Å². The SMILES string of the molecule is CC(=Nc1cc(C)cc(C)c1)c1ccc2cccc(P(c3ccccc3)c3ccccc3)c2n1. The van der Waals surface area contributed by atoms with Crippen LogP contribution in [0.4, 0.5) is 5.69 Å². The Bertz CT molecular complexity index is 1410. The molecule has 0 saturated heterocycles. The van der Waals surface area contributed by atoms with Gasteiger partial charge in [0.1, 0.15) is 0 Å². The molecule has 0 aliphatic carbocycles. The van der Waals surface area contributed by atoms with Gasteiger partial charge in [0.05, 0.1) is 22.6 Å². The Morgan fingerprint density at radius 1 is 0.676 bits per heavy atom. The lowest BCUT2D eigenvalue weighted by Gasteiger charge is -2.21. The highest BCUT2D eigenvalue weighted by Crippen LogP contribution is 2.35. The zero-order valence-electron chi connectivity index (χ0n) is 19.7. The van der Waals surface area contributed by atoms with Gasteiger partial charge >= 0.3 is 0 Å². The summed E-state index contributed by atoms with van der Waals surface area (Å²) < 4.78 is 0. The maximum absolute atomic E-state index is 5.17. The standard InChI is InChI=1S/C31H27N2P/c1-22-19-23(2)21-26(20-22)32-24(3)29-18-17-25-11-10-16-30(31(25)33-29)34(27-12-6-4-7-13-27)28-14-8-5-9-15-28/h4-21H,1-3H3. The number of para-hydroxylation sites is 1. The van der Waals surface area contributed by atoms with Gasteiger partial charge in [0.25, 0.3) is 0 Å². The third-order valence-corrected chi connectivity index (χ3v) is 8.31. The fourth-order valence-corrected chi connectivity index (χ4v) is 6.78. The second-order valence-corrected chi connectivity index (χ2v) is 10.8. The molecule has 0 amide bonds. The zero-order chi connectivity index (χ0) is 23.5. The van der Waals surface area contributed by atoms with Crippen LogP contribution in [0.15, 0.2) is 114 Å². The lowest BCUT2D eigenvalue weighted by atomic mass is 10.1. The smallest absolute Gasteiger partial charge is 0.0849 e. The molecule has 1 heterocycles. The van der Waals surface area contributed by atoms with Gasteiger partial charge in [0, 0.05) is 10.7 Å². The summed E-state index contributed by atoms with van der Waals surface area (Å²) in [5.74, 6) is 0. The van der Waals surface area contributed by atoms with E-state index < -0.39 is 7.92 Å². The third-order valence-electron chi connectivity index (χ3n) is 5.84. The number of aromatic nitrogens is 1. The molecule has 0 N–H and O–H groups in total. The topological polar surface area (TPSA) is 25.2 Å². The number of hydrogen-bond donors (Lipinski definition) is 0. The van der Waals surface area contributed by atoms with Gasteiger partial charge in [0.2, 0.25) is 0 Å². The van der Waals surface area contributed by atoms with Crippen molar-refractivity contribution in [1.82, 2.24) is 4.98 Å². The first-order valence-corrected chi connectivity index (χ1v) is 12.9. The van der Waals surface area contributed by atoms with E-state index in [0.717, 1.165) is 28.0 Å². The molecule has 3 heteroatoms. The van der Waals surface area contributed by atoms with Gasteiger partial charge < -0.3 is 0 Å². The van der Waals surface area contributed by atoms with Gasteiger partial charge in [-0.3, -0.25) is 4.99 Å². The van der Waals surface area contributed by atoms with Gasteiger partial charge in [-0.2, -0.15) is 0 Å². The maximum Gasteiger partial charge on any atom is 0.0849 e. The highest BCUT2D eigenvalue weighted by molar-refractivity contribution is 7.80. The summed E-state index contributed by atoms with van der Waals surface area (Å²) in [7, 11) is -0.737. The van der Waals surface area contributed by atoms with E-state index in [2.05, 4.69) is 123 Å². The molecule has 4 aromatic carbocycles. The van der Waals surface area contributed by atoms with Crippen LogP contribution in [0.3, 0.4) is 0 Å². The van der Waals surface area contributed by atoms with Crippen LogP contribution in [0, 0.1) is 13.8 Å². The molecule has 0 spiro atoms. The van der Waals surface area contributed by atoms with Crippen molar-refractivity contribution in [2.75, 3.05) is 0 Å². The van der Waals surface area contributed by atoms with E-state index in [4.69, 9.17) is 9.98 Å². The van der Waals surface area contributed by atoms with E-state index in [-0.39, 0.29) is 0 Å². The average molecular weight is 459 g/mol. The highest BCUT2D eigenvalue weighted by atomic mass is 31.1. The van der Waals surface area contributed by atoms with Crippen molar-refractivity contribution >= 4 is 46.1 Å². The molecule has 5 aromatic rings. The van der Waals surface area contributed by atoms with E-state index in [1.54, 1.807) is 0 Å². The van der Waals surface area contributed by atoms with E-state index in [1.807, 2.05) is 6.92 Å². The fourth-order valence-electron chi connectivity index (χ4n) is 4.36. The molecule has 0 unspecified atom stereocenters. The number of pyridine rings is 1. The first-order valence-electron chi connectivity index (χ1n) is 11.5. The fraction of sp³-hybridized carbons (Fsp3) is 0.0968. The molecule has 0 aliphatic heterocycles. The van der Waals surface area contributed by atoms with Crippen molar-refractivity contribution in [2.45, 2.75) is 20.8 Å². The minimum atomic E-state index is -0.737. The summed E-state index contributed by atoms with van der Waals surface area (Å²) in [4.78, 5) is 10.1. The van der Waals surface area contributed by atoms with Crippen LogP contribution in [-0.2, 0) is 0 Å². The molecular weight excluding hydrogens is 431 g/mol. The number of nitrogens with zero attached hydrogens (tertiary/aromatic N) is 2. The highest BCUT2D eigenvalue weighted by Gasteiger charge is 2.19. The summed E-state index contributed by atoms with van der Waals surface area (Å²) in [6.07, 6.45) is 0. The normalized spacial score (nSPS) is 11.8. The Balaban J connectivity index is 1.66. The molecule has 0 fully saturated rings. The molecule has 0 bridgehead atoms. The summed E-state index contributed by atoms with van der Waals surface area (Å²) in [5, 5.41) is 5.07. The number of fused-ring (bicyclic) bond motifs is 1. The minimum Gasteiger partial charge on any atom is -0.251 e. The maximum atomic E-state index is 5.17. The second-order valence-electron chi connectivity index (χ2n) is 8.59. The van der Waals surface area contributed by atoms with Gasteiger partial charge in [-0.05, 0) is 68.6 Å². The van der Waals surface area contributed by atoms with E-state index in [9.17, 15) is 0 Å². The van der Waals surface area contributed by atoms with Crippen molar-refractivity contribution in [3.8, 4) is 0 Å². The molecule has 0 atom stereocenters. The van der Waals surface area contributed by atoms with Gasteiger partial charge in [0.15, 0.2) is 0 Å². The largest absolute Gasteiger partial charge is 0.251 e. The number of hydrogen-bond acceptors (Lipinski definition) is 2. The molecule has 0 aliphatic rings. The molecule has 166 valence electrons. The quantitative estimate of drug-likeness (QED) is 0.211. The van der Waals surface area contributed by atoms with Crippen molar-refractivity contribution in [3.05, 3.63) is 126 Å². The van der Waals surface area contributed by atoms with Gasteiger partial charge in [-0.15, -0.1) is 0 Å². The molecular formula is C31H27N2P. The third kappa shape index (κ3) is 4.69. The second kappa shape index (κ2) is 9.71. The summed E-state index contributed by atoms with van der Waals surface area (Å²) in [5.41, 5.74) is 6.30. The predicted molar refractivity (Wildman–Crippen MR) is 148 cm³/mol. The van der Waals surface area contributed by atoms with Crippen LogP contribution in [-0.4, -0.2) is 10.7 Å². The summed E-state index contributed by atoms with van der Waals surface area (Å²) >= 11 is 0. The van der Waals surface area contributed by atoms with Crippen LogP contribution in [0.25, 0.3) is 10.9 Å². The summed E-state index contributed by atoms with van der Waals surface area (Å²) in [6.45, 7) is 6.26. The average Bonchev–Trinajstić information content (AvgIpc) is 2.85. The lowest BCUT2D eigenvalue weighted by Crippen LogP contribution is -2.22. The van der Waals surface area contributed by atoms with E-state index in [1.165, 1.54) is 27.0 Å². The molecule has 2 nitrogen and oxygen atoms in total. The Kier molecular flexibility index (Phi) is 6.34. The Labute approximate surface area is 202 Å². The van der Waals surface area contributed by atoms with Crippen molar-refractivity contribution in [1.29, 1.82) is 0 Å². The lowest BCUT2D eigenvalue weighted by molar-refractivity contribution is 1.32. The molecule has 0 radical (unpaired) electrons. The van der Waals surface area contributed by atoms with Crippen LogP contribution in [0.2, 0.25) is 0 Å². The zero-order valence-corrected chi connectivity index (χ0v) is 20.6. The molecule has 5 rings (SSSR count). The first-order chi connectivity index (χ1) is 16.6. The summed E-state index contributed by atoms with van der Waals surface area (Å²) in [6, 6.07) is 38.8. The number of benzene rings is 4. The first kappa shape index (κ1) is 22.2. The Morgan fingerprint density at radius 2 is 1.29 bits per heavy atom. The van der Waals surface area contributed by atoms with Gasteiger partial charge in [-0.25, -0.2) is 4.98 Å². The Hall–Kier alpha value is -3.61. The van der Waals surface area contributed by atoms with Crippen LogP contribution >= 0.6 is 7.92 Å². The van der Waals surface area contributed by atoms with Gasteiger partial charge in [-0.1, -0.05) is 91.0 Å². The minimum absolute atomic E-state index is 0.737. The van der Waals surface area contributed by atoms with Crippen LogP contribution < -0.4 is 15.9 Å².